The number of aromatic nitrogens is 2. The molecule has 1 aromatic heterocycles. The van der Waals surface area contributed by atoms with Crippen molar-refractivity contribution >= 4 is 11.5 Å². The molecule has 4 heteroatoms. The summed E-state index contributed by atoms with van der Waals surface area (Å²) in [6.07, 6.45) is 5.03. The molecule has 0 saturated carbocycles. The van der Waals surface area contributed by atoms with Gasteiger partial charge in [-0.15, -0.1) is 0 Å². The van der Waals surface area contributed by atoms with Gasteiger partial charge in [0, 0.05) is 43.0 Å². The maximum Gasteiger partial charge on any atom is 0.198 e. The maximum absolute atomic E-state index is 13.7. The van der Waals surface area contributed by atoms with Crippen LogP contribution < -0.4 is 4.90 Å². The molecule has 4 aromatic rings. The fourth-order valence-electron chi connectivity index (χ4n) is 5.29. The molecular weight excluding hydrogens is 418 g/mol. The van der Waals surface area contributed by atoms with E-state index in [9.17, 15) is 4.79 Å². The van der Waals surface area contributed by atoms with Crippen LogP contribution in [-0.2, 0) is 6.42 Å². The molecule has 0 bridgehead atoms. The van der Waals surface area contributed by atoms with E-state index in [0.717, 1.165) is 13.0 Å². The van der Waals surface area contributed by atoms with Crippen molar-refractivity contribution in [3.63, 3.8) is 0 Å². The largest absolute Gasteiger partial charge is 0.364 e. The molecule has 172 valence electrons. The van der Waals surface area contributed by atoms with E-state index in [4.69, 9.17) is 0 Å². The van der Waals surface area contributed by atoms with Crippen molar-refractivity contribution in [2.75, 3.05) is 11.4 Å². The summed E-state index contributed by atoms with van der Waals surface area (Å²) >= 11 is 0. The quantitative estimate of drug-likeness (QED) is 0.297. The number of fused-ring (bicyclic) bond motifs is 1. The molecule has 0 unspecified atom stereocenters. The van der Waals surface area contributed by atoms with Crippen LogP contribution in [0.1, 0.15) is 65.6 Å². The number of hydrogen-bond acceptors (Lipinski definition) is 3. The third-order valence-electron chi connectivity index (χ3n) is 6.91. The molecule has 0 spiro atoms. The zero-order chi connectivity index (χ0) is 23.5. The highest BCUT2D eigenvalue weighted by Gasteiger charge is 2.36. The average Bonchev–Trinajstić information content (AvgIpc) is 3.38. The van der Waals surface area contributed by atoms with E-state index in [1.165, 1.54) is 22.4 Å². The van der Waals surface area contributed by atoms with Crippen molar-refractivity contribution < 1.29 is 4.79 Å². The highest BCUT2D eigenvalue weighted by atomic mass is 16.1. The van der Waals surface area contributed by atoms with Crippen molar-refractivity contribution in [1.29, 1.82) is 0 Å². The number of carbonyl (C=O) groups is 1. The minimum absolute atomic E-state index is 0.00679. The fourth-order valence-corrected chi connectivity index (χ4v) is 5.29. The van der Waals surface area contributed by atoms with Crippen LogP contribution in [0.2, 0.25) is 0 Å². The number of Topliss-reactive ketones (excluding diaryl/α,β-unsaturated/α-hetero) is 1. The molecule has 5 rings (SSSR count). The molecule has 0 fully saturated rings. The number of carbonyl (C=O) groups excluding carboxylic acids is 1. The van der Waals surface area contributed by atoms with E-state index in [2.05, 4.69) is 103 Å². The molecule has 3 aromatic carbocycles. The summed E-state index contributed by atoms with van der Waals surface area (Å²) in [7, 11) is 0. The molecule has 0 saturated heterocycles. The van der Waals surface area contributed by atoms with Crippen LogP contribution in [0.4, 0.5) is 5.69 Å². The molecular formula is C30H31N3O. The van der Waals surface area contributed by atoms with E-state index >= 15 is 0 Å². The minimum Gasteiger partial charge on any atom is -0.364 e. The number of imidazole rings is 1. The summed E-state index contributed by atoms with van der Waals surface area (Å²) in [5.74, 6) is 0.627. The predicted octanol–water partition coefficient (Wildman–Crippen LogP) is 6.62. The van der Waals surface area contributed by atoms with E-state index in [-0.39, 0.29) is 23.8 Å². The van der Waals surface area contributed by atoms with Crippen LogP contribution >= 0.6 is 0 Å². The van der Waals surface area contributed by atoms with Gasteiger partial charge in [0.1, 0.15) is 0 Å². The molecule has 1 aliphatic rings. The molecule has 2 heterocycles. The van der Waals surface area contributed by atoms with Crippen molar-refractivity contribution in [3.05, 3.63) is 120 Å². The van der Waals surface area contributed by atoms with Crippen molar-refractivity contribution in [2.45, 2.75) is 44.7 Å². The van der Waals surface area contributed by atoms with Crippen LogP contribution in [0.3, 0.4) is 0 Å². The SMILES string of the molecule is CC(C)n1ccnc1C(=O)C[C@H](c1ccccc1)[C@@H]1c2ccccc2CCN1c1ccccc1. The summed E-state index contributed by atoms with van der Waals surface area (Å²) in [4.78, 5) is 20.6. The number of anilines is 1. The Bertz CT molecular complexity index is 1250. The van der Waals surface area contributed by atoms with Gasteiger partial charge in [0.15, 0.2) is 11.6 Å². The van der Waals surface area contributed by atoms with Crippen molar-refractivity contribution in [1.82, 2.24) is 9.55 Å². The standard InChI is InChI=1S/C30H31N3O/c1-22(2)32-20-18-31-30(32)28(34)21-27(23-11-5-3-6-12-23)29-26-16-10-9-13-24(26)17-19-33(29)25-14-7-4-8-15-25/h3-16,18,20,22,27,29H,17,19,21H2,1-2H3/t27-,29+/m1/s1. The summed E-state index contributed by atoms with van der Waals surface area (Å²) < 4.78 is 1.98. The zero-order valence-electron chi connectivity index (χ0n) is 19.8. The van der Waals surface area contributed by atoms with Gasteiger partial charge < -0.3 is 9.47 Å². The van der Waals surface area contributed by atoms with Crippen molar-refractivity contribution in [3.8, 4) is 0 Å². The third-order valence-corrected chi connectivity index (χ3v) is 6.91. The number of rotatable bonds is 7. The molecule has 0 aliphatic carbocycles. The first-order valence-corrected chi connectivity index (χ1v) is 12.1. The number of ketones is 1. The van der Waals surface area contributed by atoms with Gasteiger partial charge in [-0.25, -0.2) is 4.98 Å². The third kappa shape index (κ3) is 4.28. The molecule has 4 nitrogen and oxygen atoms in total. The Morgan fingerprint density at radius 2 is 1.62 bits per heavy atom. The van der Waals surface area contributed by atoms with Gasteiger partial charge in [0.2, 0.25) is 0 Å². The average molecular weight is 450 g/mol. The Morgan fingerprint density at radius 1 is 0.941 bits per heavy atom. The monoisotopic (exact) mass is 449 g/mol. The normalized spacial score (nSPS) is 16.3. The lowest BCUT2D eigenvalue weighted by atomic mass is 9.78. The highest BCUT2D eigenvalue weighted by molar-refractivity contribution is 5.93. The molecule has 0 radical (unpaired) electrons. The molecule has 2 atom stereocenters. The Balaban J connectivity index is 1.61. The topological polar surface area (TPSA) is 38.1 Å². The smallest absolute Gasteiger partial charge is 0.198 e. The summed E-state index contributed by atoms with van der Waals surface area (Å²) in [6.45, 7) is 5.09. The first-order valence-electron chi connectivity index (χ1n) is 12.1. The number of nitrogens with zero attached hydrogens (tertiary/aromatic N) is 3. The van der Waals surface area contributed by atoms with Gasteiger partial charge in [-0.05, 0) is 49.1 Å². The van der Waals surface area contributed by atoms with E-state index in [1.54, 1.807) is 6.20 Å². The predicted molar refractivity (Wildman–Crippen MR) is 137 cm³/mol. The molecule has 0 amide bonds. The lowest BCUT2D eigenvalue weighted by Gasteiger charge is -2.43. The minimum atomic E-state index is -0.00679. The van der Waals surface area contributed by atoms with Gasteiger partial charge in [-0.2, -0.15) is 0 Å². The second-order valence-corrected chi connectivity index (χ2v) is 9.32. The van der Waals surface area contributed by atoms with Gasteiger partial charge >= 0.3 is 0 Å². The van der Waals surface area contributed by atoms with Crippen LogP contribution in [0.25, 0.3) is 0 Å². The van der Waals surface area contributed by atoms with Crippen LogP contribution in [0, 0.1) is 0 Å². The van der Waals surface area contributed by atoms with Gasteiger partial charge in [-0.1, -0.05) is 72.8 Å². The second kappa shape index (κ2) is 9.68. The van der Waals surface area contributed by atoms with Crippen LogP contribution in [-0.4, -0.2) is 21.9 Å². The van der Waals surface area contributed by atoms with Gasteiger partial charge in [0.25, 0.3) is 0 Å². The number of para-hydroxylation sites is 1. The van der Waals surface area contributed by atoms with Crippen LogP contribution in [0.15, 0.2) is 97.3 Å². The van der Waals surface area contributed by atoms with E-state index in [1.807, 2.05) is 16.8 Å². The van der Waals surface area contributed by atoms with Gasteiger partial charge in [0.05, 0.1) is 6.04 Å². The first-order chi connectivity index (χ1) is 16.6. The maximum atomic E-state index is 13.7. The number of benzene rings is 3. The lowest BCUT2D eigenvalue weighted by Crippen LogP contribution is -2.39. The lowest BCUT2D eigenvalue weighted by molar-refractivity contribution is 0.0952. The second-order valence-electron chi connectivity index (χ2n) is 9.32. The summed E-state index contributed by atoms with van der Waals surface area (Å²) in [6, 6.07) is 30.1. The van der Waals surface area contributed by atoms with Crippen molar-refractivity contribution in [2.24, 2.45) is 0 Å². The highest BCUT2D eigenvalue weighted by Crippen LogP contribution is 2.44. The van der Waals surface area contributed by atoms with Crippen LogP contribution in [0.5, 0.6) is 0 Å². The molecule has 0 N–H and O–H groups in total. The molecule has 34 heavy (non-hydrogen) atoms. The fraction of sp³-hybridized carbons (Fsp3) is 0.267. The zero-order valence-corrected chi connectivity index (χ0v) is 19.8. The van der Waals surface area contributed by atoms with E-state index < -0.39 is 0 Å². The Hall–Kier alpha value is -3.66. The summed E-state index contributed by atoms with van der Waals surface area (Å²) in [5.41, 5.74) is 5.06. The van der Waals surface area contributed by atoms with E-state index in [0.29, 0.717) is 12.2 Å². The number of hydrogen-bond donors (Lipinski definition) is 0. The van der Waals surface area contributed by atoms with Gasteiger partial charge in [-0.3, -0.25) is 4.79 Å². The first kappa shape index (κ1) is 22.1. The molecule has 1 aliphatic heterocycles. The Labute approximate surface area is 201 Å². The summed E-state index contributed by atoms with van der Waals surface area (Å²) in [5, 5.41) is 0. The Morgan fingerprint density at radius 3 is 2.35 bits per heavy atom. The Kier molecular flexibility index (Phi) is 6.31.